The van der Waals surface area contributed by atoms with Crippen molar-refractivity contribution in [3.63, 3.8) is 0 Å². The minimum atomic E-state index is -3.27. The first-order chi connectivity index (χ1) is 12.2. The Morgan fingerprint density at radius 1 is 1.15 bits per heavy atom. The molecule has 0 unspecified atom stereocenters. The van der Waals surface area contributed by atoms with Gasteiger partial charge >= 0.3 is 6.03 Å². The van der Waals surface area contributed by atoms with Crippen LogP contribution in [0.2, 0.25) is 0 Å². The fourth-order valence-corrected chi connectivity index (χ4v) is 3.38. The number of anilines is 2. The van der Waals surface area contributed by atoms with Gasteiger partial charge in [-0.1, -0.05) is 12.1 Å². The zero-order chi connectivity index (χ0) is 18.9. The lowest BCUT2D eigenvalue weighted by Crippen LogP contribution is -2.31. The molecule has 0 fully saturated rings. The number of carbonyl (C=O) groups is 2. The lowest BCUT2D eigenvalue weighted by atomic mass is 10.0. The summed E-state index contributed by atoms with van der Waals surface area (Å²) in [5, 5.41) is 8.26. The summed E-state index contributed by atoms with van der Waals surface area (Å²) in [6.45, 7) is 1.85. The Balaban J connectivity index is 1.63. The number of nitrogens with one attached hydrogen (secondary N) is 3. The van der Waals surface area contributed by atoms with Crippen LogP contribution >= 0.6 is 0 Å². The van der Waals surface area contributed by atoms with Crippen LogP contribution in [0.5, 0.6) is 0 Å². The molecule has 1 atom stereocenters. The Bertz CT molecular complexity index is 968. The lowest BCUT2D eigenvalue weighted by molar-refractivity contribution is -0.115. The van der Waals surface area contributed by atoms with Crippen LogP contribution in [0.25, 0.3) is 0 Å². The van der Waals surface area contributed by atoms with Gasteiger partial charge in [-0.25, -0.2) is 13.2 Å². The molecule has 0 aromatic heterocycles. The summed E-state index contributed by atoms with van der Waals surface area (Å²) in [7, 11) is -3.27. The number of fused-ring (bicyclic) bond motifs is 1. The van der Waals surface area contributed by atoms with E-state index in [4.69, 9.17) is 0 Å². The fourth-order valence-electron chi connectivity index (χ4n) is 2.75. The van der Waals surface area contributed by atoms with Crippen molar-refractivity contribution in [1.29, 1.82) is 0 Å². The van der Waals surface area contributed by atoms with Gasteiger partial charge in [0, 0.05) is 17.6 Å². The summed E-state index contributed by atoms with van der Waals surface area (Å²) in [5.41, 5.74) is 3.10. The molecule has 1 aliphatic heterocycles. The topological polar surface area (TPSA) is 104 Å². The summed E-state index contributed by atoms with van der Waals surface area (Å²) in [6, 6.07) is 10.9. The summed E-state index contributed by atoms with van der Waals surface area (Å²) in [4.78, 5) is 23.8. The molecule has 3 rings (SSSR count). The number of rotatable bonds is 4. The van der Waals surface area contributed by atoms with Gasteiger partial charge in [-0.05, 0) is 48.4 Å². The van der Waals surface area contributed by atoms with E-state index < -0.39 is 15.9 Å². The van der Waals surface area contributed by atoms with Crippen molar-refractivity contribution < 1.29 is 18.0 Å². The smallest absolute Gasteiger partial charge is 0.319 e. The van der Waals surface area contributed by atoms with Gasteiger partial charge in [0.1, 0.15) is 0 Å². The van der Waals surface area contributed by atoms with Gasteiger partial charge in [-0.15, -0.1) is 0 Å². The van der Waals surface area contributed by atoms with Crippen molar-refractivity contribution in [3.05, 3.63) is 53.6 Å². The Morgan fingerprint density at radius 3 is 2.50 bits per heavy atom. The molecule has 0 saturated heterocycles. The van der Waals surface area contributed by atoms with Crippen LogP contribution in [0, 0.1) is 0 Å². The predicted molar refractivity (Wildman–Crippen MR) is 98.9 cm³/mol. The Kier molecular flexibility index (Phi) is 4.69. The molecule has 0 aliphatic carbocycles. The van der Waals surface area contributed by atoms with Crippen LogP contribution in [-0.2, 0) is 21.1 Å². The number of hydrogen-bond donors (Lipinski definition) is 3. The van der Waals surface area contributed by atoms with Crippen molar-refractivity contribution in [2.75, 3.05) is 16.9 Å². The summed E-state index contributed by atoms with van der Waals surface area (Å²) < 4.78 is 22.9. The first kappa shape index (κ1) is 17.9. The van der Waals surface area contributed by atoms with E-state index >= 15 is 0 Å². The van der Waals surface area contributed by atoms with Crippen LogP contribution in [0.4, 0.5) is 16.2 Å². The number of carbonyl (C=O) groups excluding carboxylic acids is 2. The van der Waals surface area contributed by atoms with Gasteiger partial charge < -0.3 is 16.0 Å². The molecule has 7 nitrogen and oxygen atoms in total. The van der Waals surface area contributed by atoms with E-state index in [-0.39, 0.29) is 16.8 Å². The molecule has 0 bridgehead atoms. The maximum atomic E-state index is 12.2. The van der Waals surface area contributed by atoms with Crippen LogP contribution < -0.4 is 16.0 Å². The van der Waals surface area contributed by atoms with Crippen molar-refractivity contribution in [2.45, 2.75) is 24.3 Å². The van der Waals surface area contributed by atoms with Crippen LogP contribution in [-0.4, -0.2) is 26.6 Å². The molecule has 0 spiro atoms. The third-order valence-corrected chi connectivity index (χ3v) is 5.27. The molecule has 3 amide bonds. The highest BCUT2D eigenvalue weighted by atomic mass is 32.2. The van der Waals surface area contributed by atoms with E-state index in [1.165, 1.54) is 24.3 Å². The number of hydrogen-bond acceptors (Lipinski definition) is 4. The third kappa shape index (κ3) is 4.02. The van der Waals surface area contributed by atoms with Gasteiger partial charge in [0.25, 0.3) is 0 Å². The Hall–Kier alpha value is -2.87. The van der Waals surface area contributed by atoms with E-state index in [2.05, 4.69) is 16.0 Å². The molecule has 1 heterocycles. The average Bonchev–Trinajstić information content (AvgIpc) is 2.93. The zero-order valence-electron chi connectivity index (χ0n) is 14.4. The molecule has 1 aliphatic rings. The van der Waals surface area contributed by atoms with Crippen LogP contribution in [0.3, 0.4) is 0 Å². The minimum Gasteiger partial charge on any atom is -0.331 e. The Morgan fingerprint density at radius 2 is 1.85 bits per heavy atom. The van der Waals surface area contributed by atoms with E-state index in [0.29, 0.717) is 12.1 Å². The zero-order valence-corrected chi connectivity index (χ0v) is 15.2. The first-order valence-corrected chi connectivity index (χ1v) is 9.92. The normalized spacial score (nSPS) is 14.3. The van der Waals surface area contributed by atoms with E-state index in [0.717, 1.165) is 23.1 Å². The molecule has 2 aromatic carbocycles. The minimum absolute atomic E-state index is 0.0342. The molecule has 2 aromatic rings. The maximum absolute atomic E-state index is 12.2. The fraction of sp³-hybridized carbons (Fsp3) is 0.222. The van der Waals surface area contributed by atoms with Crippen molar-refractivity contribution in [2.24, 2.45) is 0 Å². The van der Waals surface area contributed by atoms with Gasteiger partial charge in [0.05, 0.1) is 17.4 Å². The second-order valence-corrected chi connectivity index (χ2v) is 8.27. The van der Waals surface area contributed by atoms with Crippen molar-refractivity contribution in [3.8, 4) is 0 Å². The van der Waals surface area contributed by atoms with Crippen LogP contribution in [0.15, 0.2) is 47.4 Å². The number of sulfone groups is 1. The summed E-state index contributed by atoms with van der Waals surface area (Å²) >= 11 is 0. The number of benzene rings is 2. The molecule has 136 valence electrons. The third-order valence-electron chi connectivity index (χ3n) is 4.14. The maximum Gasteiger partial charge on any atom is 0.319 e. The molecular weight excluding hydrogens is 354 g/mol. The highest BCUT2D eigenvalue weighted by molar-refractivity contribution is 7.90. The number of amides is 3. The second kappa shape index (κ2) is 6.80. The molecule has 0 saturated carbocycles. The second-order valence-electron chi connectivity index (χ2n) is 6.26. The van der Waals surface area contributed by atoms with E-state index in [1.54, 1.807) is 0 Å². The highest BCUT2D eigenvalue weighted by Gasteiger charge is 2.19. The van der Waals surface area contributed by atoms with E-state index in [9.17, 15) is 18.0 Å². The summed E-state index contributed by atoms with van der Waals surface area (Å²) in [5.74, 6) is -0.0342. The van der Waals surface area contributed by atoms with Crippen molar-refractivity contribution in [1.82, 2.24) is 5.32 Å². The highest BCUT2D eigenvalue weighted by Crippen LogP contribution is 2.26. The standard InChI is InChI=1S/C18H19N3O4S/c1-11(12-3-8-16-13(9-12)10-17(22)21-16)19-18(23)20-14-4-6-15(7-5-14)26(2,24)25/h3-9,11H,10H2,1-2H3,(H,21,22)(H2,19,20,23)/t11-/m1/s1. The lowest BCUT2D eigenvalue weighted by Gasteiger charge is -2.16. The number of urea groups is 1. The van der Waals surface area contributed by atoms with Gasteiger partial charge in [0.15, 0.2) is 9.84 Å². The molecule has 8 heteroatoms. The molecular formula is C18H19N3O4S. The van der Waals surface area contributed by atoms with Gasteiger partial charge in [-0.3, -0.25) is 4.79 Å². The van der Waals surface area contributed by atoms with E-state index in [1.807, 2.05) is 25.1 Å². The van der Waals surface area contributed by atoms with Gasteiger partial charge in [-0.2, -0.15) is 0 Å². The molecule has 3 N–H and O–H groups in total. The van der Waals surface area contributed by atoms with Gasteiger partial charge in [0.2, 0.25) is 5.91 Å². The largest absolute Gasteiger partial charge is 0.331 e. The average molecular weight is 373 g/mol. The quantitative estimate of drug-likeness (QED) is 0.766. The Labute approximate surface area is 151 Å². The molecule has 26 heavy (non-hydrogen) atoms. The van der Waals surface area contributed by atoms with Crippen LogP contribution in [0.1, 0.15) is 24.1 Å². The SMILES string of the molecule is C[C@@H](NC(=O)Nc1ccc(S(C)(=O)=O)cc1)c1ccc2c(c1)CC(=O)N2. The monoisotopic (exact) mass is 373 g/mol. The predicted octanol–water partition coefficient (Wildman–Crippen LogP) is 2.47. The summed E-state index contributed by atoms with van der Waals surface area (Å²) in [6.07, 6.45) is 1.47. The first-order valence-electron chi connectivity index (χ1n) is 8.03. The molecule has 0 radical (unpaired) electrons. The van der Waals surface area contributed by atoms with Crippen molar-refractivity contribution >= 4 is 33.2 Å².